The Morgan fingerprint density at radius 1 is 1.47 bits per heavy atom. The van der Waals surface area contributed by atoms with Crippen molar-refractivity contribution < 1.29 is 14.6 Å². The third kappa shape index (κ3) is 3.00. The summed E-state index contributed by atoms with van der Waals surface area (Å²) in [7, 11) is 0. The molecule has 1 heterocycles. The number of ether oxygens (including phenoxy) is 2. The van der Waals surface area contributed by atoms with Crippen LogP contribution in [-0.4, -0.2) is 24.9 Å². The molecule has 0 amide bonds. The number of halogens is 1. The maximum absolute atomic E-state index is 9.57. The summed E-state index contributed by atoms with van der Waals surface area (Å²) in [4.78, 5) is 0.233. The van der Waals surface area contributed by atoms with Crippen LogP contribution in [0.15, 0.2) is 18.2 Å². The number of hydrogen-bond acceptors (Lipinski definition) is 3. The lowest BCUT2D eigenvalue weighted by atomic mass is 9.99. The smallest absolute Gasteiger partial charge is 0.115 e. The van der Waals surface area contributed by atoms with E-state index in [1.54, 1.807) is 6.07 Å². The molecule has 2 rings (SSSR count). The second-order valence-electron chi connectivity index (χ2n) is 4.09. The molecule has 0 spiro atoms. The molecule has 1 aromatic rings. The van der Waals surface area contributed by atoms with Gasteiger partial charge in [0.1, 0.15) is 11.9 Å². The van der Waals surface area contributed by atoms with E-state index in [4.69, 9.17) is 9.47 Å². The number of phenols is 1. The lowest BCUT2D eigenvalue weighted by Gasteiger charge is -2.18. The average Bonchev–Trinajstić information content (AvgIpc) is 2.47. The average molecular weight is 301 g/mol. The maximum Gasteiger partial charge on any atom is 0.115 e. The van der Waals surface area contributed by atoms with Crippen LogP contribution in [0.1, 0.15) is 35.4 Å². The molecule has 17 heavy (non-hydrogen) atoms. The lowest BCUT2D eigenvalue weighted by molar-refractivity contribution is -0.0124. The Balaban J connectivity index is 2.30. The molecule has 0 bridgehead atoms. The molecule has 3 nitrogen and oxygen atoms in total. The van der Waals surface area contributed by atoms with Gasteiger partial charge in [-0.05, 0) is 36.6 Å². The molecule has 2 unspecified atom stereocenters. The molecule has 0 radical (unpaired) electrons. The highest BCUT2D eigenvalue weighted by atomic mass is 79.9. The SMILES string of the molecule is CCOCC1OCCC(Br)c2cc(O)ccc21. The summed E-state index contributed by atoms with van der Waals surface area (Å²) in [6.45, 7) is 3.92. The second kappa shape index (κ2) is 5.85. The molecule has 1 aliphatic rings. The molecule has 0 saturated carbocycles. The van der Waals surface area contributed by atoms with Gasteiger partial charge in [-0.3, -0.25) is 0 Å². The van der Waals surface area contributed by atoms with Crippen LogP contribution in [0.5, 0.6) is 5.75 Å². The summed E-state index contributed by atoms with van der Waals surface area (Å²) in [6, 6.07) is 5.43. The molecule has 94 valence electrons. The van der Waals surface area contributed by atoms with Gasteiger partial charge in [0, 0.05) is 18.0 Å². The van der Waals surface area contributed by atoms with Crippen LogP contribution in [-0.2, 0) is 9.47 Å². The van der Waals surface area contributed by atoms with E-state index >= 15 is 0 Å². The van der Waals surface area contributed by atoms with Crippen molar-refractivity contribution in [1.29, 1.82) is 0 Å². The molecule has 0 aliphatic carbocycles. The first-order valence-electron chi connectivity index (χ1n) is 5.88. The Hall–Kier alpha value is -0.580. The molecule has 0 saturated heterocycles. The van der Waals surface area contributed by atoms with E-state index in [-0.39, 0.29) is 10.9 Å². The number of rotatable bonds is 3. The standard InChI is InChI=1S/C13H17BrO3/c1-2-16-8-13-10-4-3-9(15)7-11(10)12(14)5-6-17-13/h3-4,7,12-13,15H,2,5-6,8H2,1H3. The zero-order chi connectivity index (χ0) is 12.3. The quantitative estimate of drug-likeness (QED) is 0.870. The van der Waals surface area contributed by atoms with Crippen molar-refractivity contribution in [2.45, 2.75) is 24.3 Å². The van der Waals surface area contributed by atoms with E-state index in [1.807, 2.05) is 19.1 Å². The number of hydrogen-bond donors (Lipinski definition) is 1. The van der Waals surface area contributed by atoms with Gasteiger partial charge < -0.3 is 14.6 Å². The van der Waals surface area contributed by atoms with E-state index < -0.39 is 0 Å². The fourth-order valence-electron chi connectivity index (χ4n) is 2.05. The van der Waals surface area contributed by atoms with Crippen LogP contribution in [0.25, 0.3) is 0 Å². The summed E-state index contributed by atoms with van der Waals surface area (Å²) in [6.07, 6.45) is 0.868. The lowest BCUT2D eigenvalue weighted by Crippen LogP contribution is -2.12. The molecule has 0 aromatic heterocycles. The molecule has 4 heteroatoms. The fraction of sp³-hybridized carbons (Fsp3) is 0.538. The van der Waals surface area contributed by atoms with E-state index in [2.05, 4.69) is 15.9 Å². The van der Waals surface area contributed by atoms with Crippen molar-refractivity contribution in [2.24, 2.45) is 0 Å². The topological polar surface area (TPSA) is 38.7 Å². The van der Waals surface area contributed by atoms with Crippen LogP contribution >= 0.6 is 15.9 Å². The van der Waals surface area contributed by atoms with Gasteiger partial charge in [-0.15, -0.1) is 0 Å². The summed E-state index contributed by atoms with van der Waals surface area (Å²) in [5, 5.41) is 9.57. The number of benzene rings is 1. The first kappa shape index (κ1) is 12.9. The van der Waals surface area contributed by atoms with E-state index in [1.165, 1.54) is 0 Å². The van der Waals surface area contributed by atoms with Crippen molar-refractivity contribution in [3.05, 3.63) is 29.3 Å². The van der Waals surface area contributed by atoms with Crippen LogP contribution < -0.4 is 0 Å². The van der Waals surface area contributed by atoms with E-state index in [0.29, 0.717) is 25.6 Å². The molecule has 1 N–H and O–H groups in total. The van der Waals surface area contributed by atoms with Crippen molar-refractivity contribution in [3.63, 3.8) is 0 Å². The molecule has 0 fully saturated rings. The van der Waals surface area contributed by atoms with Gasteiger partial charge in [0.25, 0.3) is 0 Å². The first-order chi connectivity index (χ1) is 8.22. The van der Waals surface area contributed by atoms with Crippen LogP contribution in [0.4, 0.5) is 0 Å². The van der Waals surface area contributed by atoms with Crippen molar-refractivity contribution in [2.75, 3.05) is 19.8 Å². The Kier molecular flexibility index (Phi) is 4.42. The highest BCUT2D eigenvalue weighted by molar-refractivity contribution is 9.09. The Labute approximate surface area is 110 Å². The Morgan fingerprint density at radius 2 is 2.29 bits per heavy atom. The van der Waals surface area contributed by atoms with Crippen molar-refractivity contribution in [1.82, 2.24) is 0 Å². The van der Waals surface area contributed by atoms with E-state index in [9.17, 15) is 5.11 Å². The largest absolute Gasteiger partial charge is 0.508 e. The van der Waals surface area contributed by atoms with Crippen LogP contribution in [0.3, 0.4) is 0 Å². The predicted octanol–water partition coefficient (Wildman–Crippen LogP) is 3.33. The maximum atomic E-state index is 9.57. The summed E-state index contributed by atoms with van der Waals surface area (Å²) >= 11 is 3.63. The van der Waals surface area contributed by atoms with Gasteiger partial charge in [-0.2, -0.15) is 0 Å². The molecule has 1 aromatic carbocycles. The minimum atomic E-state index is -0.0342. The Bertz CT molecular complexity index is 381. The highest BCUT2D eigenvalue weighted by Gasteiger charge is 2.24. The zero-order valence-electron chi connectivity index (χ0n) is 9.86. The molecule has 2 atom stereocenters. The number of fused-ring (bicyclic) bond motifs is 1. The summed E-state index contributed by atoms with van der Waals surface area (Å²) in [5.74, 6) is 0.297. The van der Waals surface area contributed by atoms with Gasteiger partial charge in [0.2, 0.25) is 0 Å². The highest BCUT2D eigenvalue weighted by Crippen LogP contribution is 2.38. The minimum Gasteiger partial charge on any atom is -0.508 e. The monoisotopic (exact) mass is 300 g/mol. The second-order valence-corrected chi connectivity index (χ2v) is 5.19. The molecular formula is C13H17BrO3. The van der Waals surface area contributed by atoms with E-state index in [0.717, 1.165) is 17.5 Å². The predicted molar refractivity (Wildman–Crippen MR) is 69.6 cm³/mol. The zero-order valence-corrected chi connectivity index (χ0v) is 11.4. The van der Waals surface area contributed by atoms with Crippen LogP contribution in [0.2, 0.25) is 0 Å². The van der Waals surface area contributed by atoms with Crippen molar-refractivity contribution >= 4 is 15.9 Å². The number of aromatic hydroxyl groups is 1. The summed E-state index contributed by atoms with van der Waals surface area (Å²) in [5.41, 5.74) is 2.21. The third-order valence-electron chi connectivity index (χ3n) is 2.92. The molecular weight excluding hydrogens is 284 g/mol. The molecule has 1 aliphatic heterocycles. The van der Waals surface area contributed by atoms with Crippen molar-refractivity contribution in [3.8, 4) is 5.75 Å². The Morgan fingerprint density at radius 3 is 3.06 bits per heavy atom. The van der Waals surface area contributed by atoms with Gasteiger partial charge in [-0.25, -0.2) is 0 Å². The number of alkyl halides is 1. The summed E-state index contributed by atoms with van der Waals surface area (Å²) < 4.78 is 11.3. The van der Waals surface area contributed by atoms with Gasteiger partial charge in [0.05, 0.1) is 6.61 Å². The minimum absolute atomic E-state index is 0.0342. The first-order valence-corrected chi connectivity index (χ1v) is 6.80. The number of phenolic OH excluding ortho intramolecular Hbond substituents is 1. The third-order valence-corrected chi connectivity index (χ3v) is 3.87. The van der Waals surface area contributed by atoms with Gasteiger partial charge >= 0.3 is 0 Å². The van der Waals surface area contributed by atoms with Gasteiger partial charge in [0.15, 0.2) is 0 Å². The van der Waals surface area contributed by atoms with Gasteiger partial charge in [-0.1, -0.05) is 22.0 Å². The normalized spacial score (nSPS) is 24.1. The fourth-order valence-corrected chi connectivity index (χ4v) is 2.63. The van der Waals surface area contributed by atoms with Crippen LogP contribution in [0, 0.1) is 0 Å².